The summed E-state index contributed by atoms with van der Waals surface area (Å²) in [7, 11) is 2.90. The molecule has 0 spiro atoms. The first-order valence-electron chi connectivity index (χ1n) is 4.91. The lowest BCUT2D eigenvalue weighted by Gasteiger charge is -2.15. The number of halogens is 2. The number of ether oxygens (including phenoxy) is 2. The van der Waals surface area contributed by atoms with Crippen LogP contribution in [0.15, 0.2) is 12.1 Å². The first kappa shape index (κ1) is 16.0. The van der Waals surface area contributed by atoms with Gasteiger partial charge < -0.3 is 20.3 Å². The fourth-order valence-electron chi connectivity index (χ4n) is 1.45. The van der Waals surface area contributed by atoms with Crippen LogP contribution in [0.1, 0.15) is 18.0 Å². The highest BCUT2D eigenvalue weighted by Crippen LogP contribution is 2.32. The molecule has 1 aromatic rings. The van der Waals surface area contributed by atoms with Crippen molar-refractivity contribution in [1.82, 2.24) is 0 Å². The van der Waals surface area contributed by atoms with Crippen molar-refractivity contribution in [2.45, 2.75) is 12.5 Å². The summed E-state index contributed by atoms with van der Waals surface area (Å²) in [5.41, 5.74) is 6.04. The van der Waals surface area contributed by atoms with Crippen LogP contribution in [0.2, 0.25) is 0 Å². The largest absolute Gasteiger partial charge is 0.493 e. The lowest BCUT2D eigenvalue weighted by atomic mass is 10.0. The minimum absolute atomic E-state index is 0. The molecule has 1 rings (SSSR count). The van der Waals surface area contributed by atoms with Gasteiger partial charge in [-0.3, -0.25) is 0 Å². The molecule has 0 bridgehead atoms. The van der Waals surface area contributed by atoms with E-state index in [0.29, 0.717) is 23.5 Å². The highest BCUT2D eigenvalue weighted by molar-refractivity contribution is 5.85. The normalized spacial score (nSPS) is 11.6. The van der Waals surface area contributed by atoms with Crippen molar-refractivity contribution in [2.75, 3.05) is 20.8 Å². The quantitative estimate of drug-likeness (QED) is 0.850. The summed E-state index contributed by atoms with van der Waals surface area (Å²) in [5.74, 6) is 0.283. The molecule has 17 heavy (non-hydrogen) atoms. The Kier molecular flexibility index (Phi) is 6.87. The third kappa shape index (κ3) is 3.73. The summed E-state index contributed by atoms with van der Waals surface area (Å²) in [6.45, 7) is -0.0883. The first-order valence-corrected chi connectivity index (χ1v) is 4.91. The van der Waals surface area contributed by atoms with E-state index in [2.05, 4.69) is 0 Å². The summed E-state index contributed by atoms with van der Waals surface area (Å²) in [4.78, 5) is 0. The van der Waals surface area contributed by atoms with Crippen molar-refractivity contribution >= 4 is 12.4 Å². The van der Waals surface area contributed by atoms with Crippen molar-refractivity contribution in [3.63, 3.8) is 0 Å². The van der Waals surface area contributed by atoms with Crippen LogP contribution < -0.4 is 15.2 Å². The van der Waals surface area contributed by atoms with E-state index in [1.165, 1.54) is 26.4 Å². The number of aliphatic hydroxyl groups excluding tert-OH is 1. The lowest BCUT2D eigenvalue weighted by molar-refractivity contribution is 0.275. The second-order valence-electron chi connectivity index (χ2n) is 3.35. The molecule has 4 nitrogen and oxygen atoms in total. The molecule has 0 saturated heterocycles. The zero-order valence-corrected chi connectivity index (χ0v) is 10.6. The number of methoxy groups -OCH3 is 2. The summed E-state index contributed by atoms with van der Waals surface area (Å²) in [6.07, 6.45) is 0.298. The van der Waals surface area contributed by atoms with Crippen LogP contribution in [0.5, 0.6) is 11.5 Å². The molecule has 0 heterocycles. The number of nitrogens with two attached hydrogens (primary N) is 1. The summed E-state index contributed by atoms with van der Waals surface area (Å²) >= 11 is 0. The standard InChI is InChI=1S/C11H16FNO3.ClH/c1-15-10-5-7(9(13)3-4-14)8(12)6-11(10)16-2;/h5-6,9,14H,3-4,13H2,1-2H3;1H. The molecule has 0 aliphatic carbocycles. The van der Waals surface area contributed by atoms with Gasteiger partial charge in [0.2, 0.25) is 0 Å². The molecule has 1 aromatic carbocycles. The van der Waals surface area contributed by atoms with Crippen molar-refractivity contribution in [3.05, 3.63) is 23.5 Å². The third-order valence-electron chi connectivity index (χ3n) is 2.34. The maximum absolute atomic E-state index is 13.6. The summed E-state index contributed by atoms with van der Waals surface area (Å²) < 4.78 is 23.6. The maximum atomic E-state index is 13.6. The topological polar surface area (TPSA) is 64.7 Å². The zero-order chi connectivity index (χ0) is 12.1. The van der Waals surface area contributed by atoms with Gasteiger partial charge in [-0.25, -0.2) is 4.39 Å². The van der Waals surface area contributed by atoms with Gasteiger partial charge in [0, 0.05) is 24.3 Å². The zero-order valence-electron chi connectivity index (χ0n) is 9.77. The molecule has 98 valence electrons. The number of aliphatic hydroxyl groups is 1. The Hall–Kier alpha value is -1.04. The van der Waals surface area contributed by atoms with E-state index in [1.807, 2.05) is 0 Å². The van der Waals surface area contributed by atoms with Crippen molar-refractivity contribution < 1.29 is 19.0 Å². The van der Waals surface area contributed by atoms with Gasteiger partial charge in [0.25, 0.3) is 0 Å². The van der Waals surface area contributed by atoms with E-state index in [4.69, 9.17) is 20.3 Å². The van der Waals surface area contributed by atoms with Gasteiger partial charge in [0.05, 0.1) is 14.2 Å². The smallest absolute Gasteiger partial charge is 0.163 e. The molecule has 0 aromatic heterocycles. The molecule has 0 fully saturated rings. The molecule has 1 atom stereocenters. The highest BCUT2D eigenvalue weighted by atomic mass is 35.5. The predicted molar refractivity (Wildman–Crippen MR) is 65.4 cm³/mol. The minimum Gasteiger partial charge on any atom is -0.493 e. The Bertz CT molecular complexity index is 363. The van der Waals surface area contributed by atoms with Crippen molar-refractivity contribution in [1.29, 1.82) is 0 Å². The van der Waals surface area contributed by atoms with Crippen molar-refractivity contribution in [3.8, 4) is 11.5 Å². The maximum Gasteiger partial charge on any atom is 0.163 e. The molecule has 0 aliphatic heterocycles. The van der Waals surface area contributed by atoms with E-state index >= 15 is 0 Å². The average molecular weight is 266 g/mol. The Balaban J connectivity index is 0.00000256. The van der Waals surface area contributed by atoms with Gasteiger partial charge >= 0.3 is 0 Å². The number of hydrogen-bond acceptors (Lipinski definition) is 4. The van der Waals surface area contributed by atoms with Crippen LogP contribution in [0, 0.1) is 5.82 Å². The van der Waals surface area contributed by atoms with E-state index in [1.54, 1.807) is 0 Å². The Morgan fingerprint density at radius 1 is 1.29 bits per heavy atom. The molecule has 0 amide bonds. The average Bonchev–Trinajstić information content (AvgIpc) is 2.28. The molecule has 6 heteroatoms. The van der Waals surface area contributed by atoms with Crippen LogP contribution in [-0.4, -0.2) is 25.9 Å². The fraction of sp³-hybridized carbons (Fsp3) is 0.455. The Labute approximate surface area is 106 Å². The monoisotopic (exact) mass is 265 g/mol. The highest BCUT2D eigenvalue weighted by Gasteiger charge is 2.15. The summed E-state index contributed by atoms with van der Waals surface area (Å²) in [5, 5.41) is 8.76. The summed E-state index contributed by atoms with van der Waals surface area (Å²) in [6, 6.07) is 2.17. The van der Waals surface area contributed by atoms with Crippen LogP contribution in [0.4, 0.5) is 4.39 Å². The minimum atomic E-state index is -0.551. The van der Waals surface area contributed by atoms with Gasteiger partial charge in [-0.15, -0.1) is 12.4 Å². The van der Waals surface area contributed by atoms with Gasteiger partial charge in [0.1, 0.15) is 5.82 Å². The second-order valence-corrected chi connectivity index (χ2v) is 3.35. The van der Waals surface area contributed by atoms with Crippen LogP contribution in [0.3, 0.4) is 0 Å². The second kappa shape index (κ2) is 7.32. The van der Waals surface area contributed by atoms with Gasteiger partial charge in [-0.1, -0.05) is 0 Å². The number of rotatable bonds is 5. The molecule has 0 saturated carbocycles. The van der Waals surface area contributed by atoms with Gasteiger partial charge in [-0.2, -0.15) is 0 Å². The predicted octanol–water partition coefficient (Wildman–Crippen LogP) is 1.65. The lowest BCUT2D eigenvalue weighted by Crippen LogP contribution is -2.14. The van der Waals surface area contributed by atoms with Crippen molar-refractivity contribution in [2.24, 2.45) is 5.73 Å². The van der Waals surface area contributed by atoms with E-state index in [9.17, 15) is 4.39 Å². The Morgan fingerprint density at radius 3 is 2.29 bits per heavy atom. The van der Waals surface area contributed by atoms with Gasteiger partial charge in [0.15, 0.2) is 11.5 Å². The first-order chi connectivity index (χ1) is 7.63. The molecule has 1 unspecified atom stereocenters. The number of hydrogen-bond donors (Lipinski definition) is 2. The van der Waals surface area contributed by atoms with Gasteiger partial charge in [-0.05, 0) is 12.5 Å². The third-order valence-corrected chi connectivity index (χ3v) is 2.34. The van der Waals surface area contributed by atoms with Crippen LogP contribution in [0.25, 0.3) is 0 Å². The molecule has 3 N–H and O–H groups in total. The van der Waals surface area contributed by atoms with Crippen LogP contribution >= 0.6 is 12.4 Å². The molecular weight excluding hydrogens is 249 g/mol. The molecular formula is C11H17ClFNO3. The molecule has 0 radical (unpaired) electrons. The fourth-order valence-corrected chi connectivity index (χ4v) is 1.45. The molecule has 0 aliphatic rings. The van der Waals surface area contributed by atoms with E-state index in [0.717, 1.165) is 0 Å². The van der Waals surface area contributed by atoms with E-state index < -0.39 is 11.9 Å². The van der Waals surface area contributed by atoms with E-state index in [-0.39, 0.29) is 19.0 Å². The number of benzene rings is 1. The van der Waals surface area contributed by atoms with Crippen LogP contribution in [-0.2, 0) is 0 Å². The Morgan fingerprint density at radius 2 is 1.82 bits per heavy atom. The SMILES string of the molecule is COc1cc(F)c(C(N)CCO)cc1OC.Cl.